The predicted molar refractivity (Wildman–Crippen MR) is 291 cm³/mol. The molecule has 9 aromatic rings. The molecule has 12 rings (SSSR count). The molecule has 0 bridgehead atoms. The second-order valence-electron chi connectivity index (χ2n) is 22.7. The van der Waals surface area contributed by atoms with Gasteiger partial charge in [0.1, 0.15) is 11.2 Å². The number of hydrogen-bond donors (Lipinski definition) is 1. The summed E-state index contributed by atoms with van der Waals surface area (Å²) in [5.74, 6) is 0. The molecule has 0 radical (unpaired) electrons. The van der Waals surface area contributed by atoms with Crippen molar-refractivity contribution in [1.82, 2.24) is 0 Å². The fourth-order valence-electron chi connectivity index (χ4n) is 12.1. The highest BCUT2D eigenvalue weighted by molar-refractivity contribution is 6.74. The van der Waals surface area contributed by atoms with E-state index in [1.54, 1.807) is 0 Å². The molecule has 0 spiro atoms. The van der Waals surface area contributed by atoms with Crippen LogP contribution in [0, 0.1) is 0 Å². The average Bonchev–Trinajstić information content (AvgIpc) is 3.72. The number of benzene rings is 8. The highest BCUT2D eigenvalue weighted by Gasteiger charge is 2.41. The maximum absolute atomic E-state index is 7.01. The zero-order chi connectivity index (χ0) is 46.7. The molecule has 0 fully saturated rings. The second kappa shape index (κ2) is 15.4. The summed E-state index contributed by atoms with van der Waals surface area (Å²) in [7, 11) is 0.787. The summed E-state index contributed by atoms with van der Waals surface area (Å²) >= 11 is 0. The van der Waals surface area contributed by atoms with Crippen molar-refractivity contribution < 1.29 is 4.42 Å². The predicted octanol–water partition coefficient (Wildman–Crippen LogP) is 16.2. The summed E-state index contributed by atoms with van der Waals surface area (Å²) in [5, 5.41) is 6.34. The van der Waals surface area contributed by atoms with Gasteiger partial charge >= 0.3 is 0 Å². The van der Waals surface area contributed by atoms with Crippen molar-refractivity contribution in [2.75, 3.05) is 10.2 Å². The number of furan rings is 1. The monoisotopic (exact) mass is 884 g/mol. The summed E-state index contributed by atoms with van der Waals surface area (Å²) < 4.78 is 7.01. The van der Waals surface area contributed by atoms with Crippen LogP contribution in [0.4, 0.5) is 28.4 Å². The molecule has 3 nitrogen and oxygen atoms in total. The number of hydrogen-bond acceptors (Lipinski definition) is 3. The maximum atomic E-state index is 7.01. The average molecular weight is 885 g/mol. The highest BCUT2D eigenvalue weighted by atomic mass is 16.3. The number of para-hydroxylation sites is 1. The number of fused-ring (bicyclic) bond motifs is 8. The minimum Gasteiger partial charge on any atom is -0.456 e. The van der Waals surface area contributed by atoms with E-state index < -0.39 is 0 Å². The summed E-state index contributed by atoms with van der Waals surface area (Å²) in [6, 6.07) is 61.1. The molecular formula is C64H61BN2O. The first-order valence-electron chi connectivity index (χ1n) is 24.9. The van der Waals surface area contributed by atoms with Gasteiger partial charge < -0.3 is 14.6 Å². The van der Waals surface area contributed by atoms with Gasteiger partial charge in [0, 0.05) is 33.7 Å². The Labute approximate surface area is 403 Å². The van der Waals surface area contributed by atoms with Gasteiger partial charge in [-0.25, -0.2) is 0 Å². The van der Waals surface area contributed by atoms with Crippen molar-refractivity contribution in [2.45, 2.75) is 103 Å². The van der Waals surface area contributed by atoms with E-state index in [0.717, 1.165) is 58.3 Å². The molecule has 4 heteroatoms. The van der Waals surface area contributed by atoms with Crippen LogP contribution in [0.5, 0.6) is 0 Å². The van der Waals surface area contributed by atoms with Crippen LogP contribution < -0.4 is 21.1 Å². The Balaban J connectivity index is 1.14. The molecule has 0 atom stereocenters. The van der Waals surface area contributed by atoms with E-state index in [4.69, 9.17) is 4.42 Å². The number of anilines is 5. The van der Waals surface area contributed by atoms with Gasteiger partial charge in [-0.15, -0.1) is 0 Å². The lowest BCUT2D eigenvalue weighted by atomic mass is 9.55. The molecule has 2 heterocycles. The largest absolute Gasteiger partial charge is 0.456 e. The van der Waals surface area contributed by atoms with Crippen molar-refractivity contribution >= 4 is 68.6 Å². The number of nitrogens with one attached hydrogen (secondary N) is 1. The second-order valence-corrected chi connectivity index (χ2v) is 22.7. The molecule has 0 saturated carbocycles. The minimum atomic E-state index is 0.0442. The summed E-state index contributed by atoms with van der Waals surface area (Å²) in [4.78, 5) is 2.59. The van der Waals surface area contributed by atoms with Gasteiger partial charge in [-0.3, -0.25) is 0 Å². The normalized spacial score (nSPS) is 17.1. The summed E-state index contributed by atoms with van der Waals surface area (Å²) in [5.41, 5.74) is 23.6. The fraction of sp³-hybridized carbons (Fsp3) is 0.250. The summed E-state index contributed by atoms with van der Waals surface area (Å²) in [6.45, 7) is 19.4. The smallest absolute Gasteiger partial charge is 0.198 e. The Morgan fingerprint density at radius 3 is 1.71 bits per heavy atom. The fourth-order valence-corrected chi connectivity index (χ4v) is 12.1. The van der Waals surface area contributed by atoms with Crippen LogP contribution in [0.2, 0.25) is 0 Å². The van der Waals surface area contributed by atoms with Crippen LogP contribution in [0.15, 0.2) is 168 Å². The molecule has 1 aromatic heterocycles. The van der Waals surface area contributed by atoms with E-state index in [1.807, 2.05) is 0 Å². The Morgan fingerprint density at radius 2 is 1.03 bits per heavy atom. The van der Waals surface area contributed by atoms with Gasteiger partial charge in [-0.1, -0.05) is 170 Å². The van der Waals surface area contributed by atoms with Crippen LogP contribution in [0.3, 0.4) is 0 Å². The number of rotatable bonds is 6. The topological polar surface area (TPSA) is 28.4 Å². The molecule has 0 amide bonds. The van der Waals surface area contributed by atoms with Crippen molar-refractivity contribution in [3.05, 3.63) is 186 Å². The van der Waals surface area contributed by atoms with Crippen molar-refractivity contribution in [3.63, 3.8) is 0 Å². The molecule has 1 aliphatic heterocycles. The lowest BCUT2D eigenvalue weighted by Gasteiger charge is -2.44. The van der Waals surface area contributed by atoms with Gasteiger partial charge in [0.15, 0.2) is 7.28 Å². The Hall–Kier alpha value is -6.78. The van der Waals surface area contributed by atoms with Gasteiger partial charge in [0.05, 0.1) is 11.1 Å². The van der Waals surface area contributed by atoms with Crippen LogP contribution in [-0.4, -0.2) is 7.28 Å². The molecule has 3 aliphatic rings. The lowest BCUT2D eigenvalue weighted by molar-refractivity contribution is 0.332. The van der Waals surface area contributed by atoms with Gasteiger partial charge in [0.2, 0.25) is 0 Å². The van der Waals surface area contributed by atoms with E-state index >= 15 is 0 Å². The first kappa shape index (κ1) is 42.6. The third-order valence-electron chi connectivity index (χ3n) is 16.4. The van der Waals surface area contributed by atoms with E-state index in [9.17, 15) is 0 Å². The zero-order valence-corrected chi connectivity index (χ0v) is 41.0. The third kappa shape index (κ3) is 6.93. The van der Waals surface area contributed by atoms with Crippen LogP contribution >= 0.6 is 0 Å². The summed E-state index contributed by atoms with van der Waals surface area (Å²) in [6.07, 6.45) is 4.68. The van der Waals surface area contributed by atoms with Crippen LogP contribution in [-0.2, 0) is 21.7 Å². The van der Waals surface area contributed by atoms with Crippen LogP contribution in [0.25, 0.3) is 55.3 Å². The zero-order valence-electron chi connectivity index (χ0n) is 41.0. The molecule has 0 unspecified atom stereocenters. The Kier molecular flexibility index (Phi) is 9.62. The van der Waals surface area contributed by atoms with E-state index in [1.165, 1.54) is 91.6 Å². The van der Waals surface area contributed by atoms with Crippen molar-refractivity contribution in [2.24, 2.45) is 0 Å². The van der Waals surface area contributed by atoms with E-state index in [2.05, 4.69) is 229 Å². The van der Waals surface area contributed by atoms with Crippen LogP contribution in [0.1, 0.15) is 103 Å². The van der Waals surface area contributed by atoms with E-state index in [0.29, 0.717) is 0 Å². The third-order valence-corrected chi connectivity index (χ3v) is 16.4. The molecule has 336 valence electrons. The van der Waals surface area contributed by atoms with E-state index in [-0.39, 0.29) is 21.7 Å². The quantitative estimate of drug-likeness (QED) is 0.169. The van der Waals surface area contributed by atoms with Gasteiger partial charge in [0.25, 0.3) is 0 Å². The van der Waals surface area contributed by atoms with Gasteiger partial charge in [-0.2, -0.15) is 0 Å². The van der Waals surface area contributed by atoms with Crippen molar-refractivity contribution in [3.8, 4) is 33.4 Å². The Morgan fingerprint density at radius 1 is 0.471 bits per heavy atom. The standard InChI is InChI=1S/C64H61BN2O/c1-61(2)31-32-62(3,4)50-36-44(26-29-49(50)61)66-54-30-25-43(41-19-13-10-14-20-41)35-47(54)48-37-57-58(46-21-15-16-22-56(46)68-57)60-59(48)65-53-38-51-52(64(7,8)34-33-63(51,5)6)39-55(53)67(60)45-27-23-42(24-28-45)40-17-11-9-12-18-40/h9-30,35-39,65-66H,31-34H2,1-8H3. The molecule has 0 saturated heterocycles. The molecular weight excluding hydrogens is 824 g/mol. The minimum absolute atomic E-state index is 0.0442. The molecule has 68 heavy (non-hydrogen) atoms. The van der Waals surface area contributed by atoms with Crippen molar-refractivity contribution in [1.29, 1.82) is 0 Å². The molecule has 8 aromatic carbocycles. The molecule has 1 N–H and O–H groups in total. The SMILES string of the molecule is CC1(C)CCC(C)(C)c2cc(Nc3ccc(-c4ccccc4)cc3-c3cc4oc5ccccc5c4c4c3Bc3cc5c(cc3N4c3ccc(-c4ccccc4)cc3)C(C)(C)CCC5(C)C)ccc21. The number of nitrogens with zero attached hydrogens (tertiary/aromatic N) is 1. The van der Waals surface area contributed by atoms with Gasteiger partial charge in [-0.05, 0) is 157 Å². The first-order chi connectivity index (χ1) is 32.6. The molecule has 2 aliphatic carbocycles. The maximum Gasteiger partial charge on any atom is 0.198 e. The Bertz CT molecular complexity index is 3450. The first-order valence-corrected chi connectivity index (χ1v) is 24.9. The lowest BCUT2D eigenvalue weighted by Crippen LogP contribution is -2.43. The highest BCUT2D eigenvalue weighted by Crippen LogP contribution is 2.52.